The molecule has 0 unspecified atom stereocenters. The molecular formula is C10H8N2O3. The first kappa shape index (κ1) is 9.26. The standard InChI is InChI=1S/C10H8N2O3/c13-9-6-7-11(10(14)15)12(9)8-4-2-1-3-5-8/h1-7H,(H,14,15). The second kappa shape index (κ2) is 3.45. The Morgan fingerprint density at radius 1 is 1.13 bits per heavy atom. The average Bonchev–Trinajstić information content (AvgIpc) is 2.61. The van der Waals surface area contributed by atoms with Crippen LogP contribution in [0.3, 0.4) is 0 Å². The molecule has 15 heavy (non-hydrogen) atoms. The van der Waals surface area contributed by atoms with Crippen molar-refractivity contribution >= 4 is 6.09 Å². The summed E-state index contributed by atoms with van der Waals surface area (Å²) in [6.45, 7) is 0. The Morgan fingerprint density at radius 2 is 1.80 bits per heavy atom. The number of rotatable bonds is 1. The Balaban J connectivity index is 2.67. The van der Waals surface area contributed by atoms with Crippen molar-refractivity contribution in [2.24, 2.45) is 0 Å². The summed E-state index contributed by atoms with van der Waals surface area (Å²) in [6, 6.07) is 9.81. The van der Waals surface area contributed by atoms with Crippen LogP contribution in [0.1, 0.15) is 0 Å². The molecule has 5 nitrogen and oxygen atoms in total. The summed E-state index contributed by atoms with van der Waals surface area (Å²) in [5.41, 5.74) is 0.151. The van der Waals surface area contributed by atoms with E-state index >= 15 is 0 Å². The van der Waals surface area contributed by atoms with Crippen LogP contribution in [0.2, 0.25) is 0 Å². The zero-order valence-electron chi connectivity index (χ0n) is 7.70. The number of nitrogens with zero attached hydrogens (tertiary/aromatic N) is 2. The van der Waals surface area contributed by atoms with E-state index in [9.17, 15) is 9.59 Å². The van der Waals surface area contributed by atoms with Crippen molar-refractivity contribution in [1.29, 1.82) is 0 Å². The summed E-state index contributed by atoms with van der Waals surface area (Å²) < 4.78 is 1.93. The van der Waals surface area contributed by atoms with Gasteiger partial charge < -0.3 is 5.11 Å². The largest absolute Gasteiger partial charge is 0.463 e. The Labute approximate surface area is 84.8 Å². The van der Waals surface area contributed by atoms with E-state index in [0.717, 1.165) is 9.36 Å². The Morgan fingerprint density at radius 3 is 2.40 bits per heavy atom. The van der Waals surface area contributed by atoms with Gasteiger partial charge in [-0.05, 0) is 12.1 Å². The van der Waals surface area contributed by atoms with Crippen LogP contribution in [0.5, 0.6) is 0 Å². The Hall–Kier alpha value is -2.30. The second-order valence-corrected chi connectivity index (χ2v) is 2.93. The number of para-hydroxylation sites is 1. The molecule has 0 amide bonds. The van der Waals surface area contributed by atoms with Crippen molar-refractivity contribution in [3.63, 3.8) is 0 Å². The molecule has 0 aliphatic carbocycles. The highest BCUT2D eigenvalue weighted by atomic mass is 16.4. The fraction of sp³-hybridized carbons (Fsp3) is 0. The molecule has 0 bridgehead atoms. The summed E-state index contributed by atoms with van der Waals surface area (Å²) in [7, 11) is 0. The van der Waals surface area contributed by atoms with Crippen LogP contribution >= 0.6 is 0 Å². The van der Waals surface area contributed by atoms with Gasteiger partial charge in [0.1, 0.15) is 0 Å². The molecule has 1 aromatic heterocycles. The number of hydrogen-bond donors (Lipinski definition) is 1. The third-order valence-corrected chi connectivity index (χ3v) is 1.98. The molecule has 0 saturated carbocycles. The van der Waals surface area contributed by atoms with Crippen LogP contribution in [-0.4, -0.2) is 20.6 Å². The summed E-state index contributed by atoms with van der Waals surface area (Å²) in [6.07, 6.45) is 0.0263. The maximum atomic E-state index is 11.4. The van der Waals surface area contributed by atoms with E-state index in [1.54, 1.807) is 30.3 Å². The number of aromatic nitrogens is 2. The van der Waals surface area contributed by atoms with Gasteiger partial charge in [0.05, 0.1) is 5.69 Å². The molecule has 1 N–H and O–H groups in total. The van der Waals surface area contributed by atoms with Crippen LogP contribution < -0.4 is 5.56 Å². The van der Waals surface area contributed by atoms with Gasteiger partial charge in [-0.25, -0.2) is 9.48 Å². The molecule has 0 atom stereocenters. The minimum atomic E-state index is -1.19. The molecule has 76 valence electrons. The number of carboxylic acid groups (broad SMARTS) is 1. The van der Waals surface area contributed by atoms with E-state index < -0.39 is 6.09 Å². The van der Waals surface area contributed by atoms with Gasteiger partial charge in [0, 0.05) is 12.3 Å². The first-order valence-corrected chi connectivity index (χ1v) is 4.29. The lowest BCUT2D eigenvalue weighted by molar-refractivity contribution is 0.190. The van der Waals surface area contributed by atoms with Crippen molar-refractivity contribution in [2.75, 3.05) is 0 Å². The van der Waals surface area contributed by atoms with Crippen LogP contribution in [0, 0.1) is 0 Å². The molecule has 1 heterocycles. The van der Waals surface area contributed by atoms with Crippen molar-refractivity contribution in [3.05, 3.63) is 52.9 Å². The molecule has 5 heteroatoms. The van der Waals surface area contributed by atoms with E-state index in [-0.39, 0.29) is 5.56 Å². The maximum Gasteiger partial charge on any atom is 0.431 e. The summed E-state index contributed by atoms with van der Waals surface area (Å²) >= 11 is 0. The molecule has 0 radical (unpaired) electrons. The van der Waals surface area contributed by atoms with E-state index in [2.05, 4.69) is 0 Å². The fourth-order valence-electron chi connectivity index (χ4n) is 1.35. The zero-order chi connectivity index (χ0) is 10.8. The van der Waals surface area contributed by atoms with E-state index in [1.807, 2.05) is 0 Å². The number of carbonyl (C=O) groups is 1. The lowest BCUT2D eigenvalue weighted by Crippen LogP contribution is -2.24. The molecular weight excluding hydrogens is 196 g/mol. The third kappa shape index (κ3) is 1.54. The predicted octanol–water partition coefficient (Wildman–Crippen LogP) is 1.17. The van der Waals surface area contributed by atoms with Crippen LogP contribution in [0.4, 0.5) is 4.79 Å². The monoisotopic (exact) mass is 204 g/mol. The molecule has 1 aromatic carbocycles. The highest BCUT2D eigenvalue weighted by molar-refractivity contribution is 5.67. The quantitative estimate of drug-likeness (QED) is 0.758. The van der Waals surface area contributed by atoms with Gasteiger partial charge in [0.25, 0.3) is 5.56 Å². The molecule has 0 aliphatic heterocycles. The van der Waals surface area contributed by atoms with E-state index in [1.165, 1.54) is 12.3 Å². The maximum absolute atomic E-state index is 11.4. The fourth-order valence-corrected chi connectivity index (χ4v) is 1.35. The molecule has 2 rings (SSSR count). The lowest BCUT2D eigenvalue weighted by Gasteiger charge is -2.06. The summed E-state index contributed by atoms with van der Waals surface area (Å²) in [4.78, 5) is 22.2. The van der Waals surface area contributed by atoms with Gasteiger partial charge in [-0.15, -0.1) is 0 Å². The molecule has 0 spiro atoms. The lowest BCUT2D eigenvalue weighted by atomic mass is 10.3. The molecule has 0 fully saturated rings. The predicted molar refractivity (Wildman–Crippen MR) is 53.5 cm³/mol. The van der Waals surface area contributed by atoms with E-state index in [0.29, 0.717) is 5.69 Å². The van der Waals surface area contributed by atoms with Gasteiger partial charge in [-0.2, -0.15) is 4.68 Å². The van der Waals surface area contributed by atoms with Gasteiger partial charge in [-0.3, -0.25) is 4.79 Å². The van der Waals surface area contributed by atoms with Gasteiger partial charge in [0.2, 0.25) is 0 Å². The van der Waals surface area contributed by atoms with Gasteiger partial charge >= 0.3 is 6.09 Å². The molecule has 0 aliphatic rings. The smallest absolute Gasteiger partial charge is 0.431 e. The minimum absolute atomic E-state index is 0.372. The van der Waals surface area contributed by atoms with Gasteiger partial charge in [0.15, 0.2) is 0 Å². The normalized spacial score (nSPS) is 10.1. The van der Waals surface area contributed by atoms with Crippen molar-refractivity contribution < 1.29 is 9.90 Å². The summed E-state index contributed by atoms with van der Waals surface area (Å²) in [5.74, 6) is 0. The third-order valence-electron chi connectivity index (χ3n) is 1.98. The average molecular weight is 204 g/mol. The highest BCUT2D eigenvalue weighted by Gasteiger charge is 2.09. The van der Waals surface area contributed by atoms with Crippen molar-refractivity contribution in [2.45, 2.75) is 0 Å². The highest BCUT2D eigenvalue weighted by Crippen LogP contribution is 2.03. The Kier molecular flexibility index (Phi) is 2.13. The first-order valence-electron chi connectivity index (χ1n) is 4.29. The van der Waals surface area contributed by atoms with Crippen molar-refractivity contribution in [1.82, 2.24) is 9.36 Å². The number of hydrogen-bond acceptors (Lipinski definition) is 2. The minimum Gasteiger partial charge on any atom is -0.463 e. The topological polar surface area (TPSA) is 64.2 Å². The first-order chi connectivity index (χ1) is 7.20. The summed E-state index contributed by atoms with van der Waals surface area (Å²) in [5, 5.41) is 8.84. The second-order valence-electron chi connectivity index (χ2n) is 2.93. The van der Waals surface area contributed by atoms with Crippen LogP contribution in [0.15, 0.2) is 47.4 Å². The van der Waals surface area contributed by atoms with Crippen LogP contribution in [0.25, 0.3) is 5.69 Å². The molecule has 2 aromatic rings. The number of benzene rings is 1. The van der Waals surface area contributed by atoms with Crippen LogP contribution in [-0.2, 0) is 0 Å². The zero-order valence-corrected chi connectivity index (χ0v) is 7.70. The van der Waals surface area contributed by atoms with E-state index in [4.69, 9.17) is 5.11 Å². The molecule has 0 saturated heterocycles. The van der Waals surface area contributed by atoms with Crippen molar-refractivity contribution in [3.8, 4) is 5.69 Å². The van der Waals surface area contributed by atoms with Gasteiger partial charge in [-0.1, -0.05) is 18.2 Å². The Bertz CT molecular complexity index is 539. The SMILES string of the molecule is O=C(O)n1ccc(=O)n1-c1ccccc1.